The summed E-state index contributed by atoms with van der Waals surface area (Å²) >= 11 is 0. The molecule has 84 valence electrons. The Morgan fingerprint density at radius 3 is 3.06 bits per heavy atom. The van der Waals surface area contributed by atoms with Crippen LogP contribution in [0.5, 0.6) is 0 Å². The summed E-state index contributed by atoms with van der Waals surface area (Å²) < 4.78 is 10.4. The van der Waals surface area contributed by atoms with Crippen molar-refractivity contribution < 1.29 is 14.3 Å². The van der Waals surface area contributed by atoms with Crippen molar-refractivity contribution in [3.05, 3.63) is 29.8 Å². The first-order valence-electron chi connectivity index (χ1n) is 5.42. The van der Waals surface area contributed by atoms with Crippen LogP contribution in [0.3, 0.4) is 0 Å². The number of aryl methyl sites for hydroxylation is 1. The number of nitrogens with zero attached hydrogens (tertiary/aromatic N) is 1. The lowest BCUT2D eigenvalue weighted by atomic mass is 9.96. The van der Waals surface area contributed by atoms with Crippen molar-refractivity contribution >= 4 is 11.8 Å². The molecule has 0 spiro atoms. The fourth-order valence-electron chi connectivity index (χ4n) is 2.50. The first-order valence-corrected chi connectivity index (χ1v) is 5.42. The molecular formula is C12H13NO3. The highest BCUT2D eigenvalue weighted by Crippen LogP contribution is 2.36. The summed E-state index contributed by atoms with van der Waals surface area (Å²) in [7, 11) is 1.57. The number of hydrogen-bond donors (Lipinski definition) is 0. The molecule has 16 heavy (non-hydrogen) atoms. The van der Waals surface area contributed by atoms with Crippen LogP contribution < -0.4 is 4.90 Å². The summed E-state index contributed by atoms with van der Waals surface area (Å²) in [4.78, 5) is 13.5. The van der Waals surface area contributed by atoms with Crippen molar-refractivity contribution in [1.82, 2.24) is 0 Å². The third kappa shape index (κ3) is 1.23. The molecule has 1 fully saturated rings. The Balaban J connectivity index is 2.04. The van der Waals surface area contributed by atoms with E-state index in [-0.39, 0.29) is 12.1 Å². The monoisotopic (exact) mass is 219 g/mol. The molecule has 1 aromatic carbocycles. The van der Waals surface area contributed by atoms with E-state index in [1.54, 1.807) is 12.0 Å². The molecule has 2 aliphatic rings. The molecule has 3 rings (SSSR count). The lowest BCUT2D eigenvalue weighted by Crippen LogP contribution is -2.40. The summed E-state index contributed by atoms with van der Waals surface area (Å²) in [6, 6.07) is 7.97. The highest BCUT2D eigenvalue weighted by molar-refractivity contribution is 5.92. The van der Waals surface area contributed by atoms with Gasteiger partial charge >= 0.3 is 6.09 Å². The largest absolute Gasteiger partial charge is 0.417 e. The van der Waals surface area contributed by atoms with E-state index in [0.29, 0.717) is 0 Å². The molecular weight excluding hydrogens is 206 g/mol. The van der Waals surface area contributed by atoms with Crippen molar-refractivity contribution in [2.75, 3.05) is 12.0 Å². The second kappa shape index (κ2) is 3.49. The maximum absolute atomic E-state index is 11.8. The molecule has 0 bridgehead atoms. The normalized spacial score (nSPS) is 27.3. The average Bonchev–Trinajstić information content (AvgIpc) is 2.66. The maximum atomic E-state index is 11.8. The highest BCUT2D eigenvalue weighted by atomic mass is 16.7. The number of benzene rings is 1. The zero-order valence-electron chi connectivity index (χ0n) is 9.05. The smallest absolute Gasteiger partial charge is 0.417 e. The first-order chi connectivity index (χ1) is 7.81. The van der Waals surface area contributed by atoms with E-state index >= 15 is 0 Å². The molecule has 0 radical (unpaired) electrons. The van der Waals surface area contributed by atoms with Crippen LogP contribution in [0.15, 0.2) is 24.3 Å². The van der Waals surface area contributed by atoms with Crippen molar-refractivity contribution in [3.63, 3.8) is 0 Å². The number of methoxy groups -OCH3 is 1. The number of ether oxygens (including phenoxy) is 2. The van der Waals surface area contributed by atoms with Gasteiger partial charge in [0.1, 0.15) is 6.04 Å². The van der Waals surface area contributed by atoms with Crippen molar-refractivity contribution in [2.45, 2.75) is 25.2 Å². The molecule has 0 N–H and O–H groups in total. The predicted molar refractivity (Wildman–Crippen MR) is 58.3 cm³/mol. The number of carbonyl (C=O) groups is 1. The number of cyclic esters (lactones) is 1. The summed E-state index contributed by atoms with van der Waals surface area (Å²) in [6.45, 7) is 0. The van der Waals surface area contributed by atoms with Gasteiger partial charge in [0.2, 0.25) is 6.29 Å². The molecule has 0 aromatic heterocycles. The number of hydrogen-bond acceptors (Lipinski definition) is 3. The van der Waals surface area contributed by atoms with Gasteiger partial charge in [-0.15, -0.1) is 0 Å². The lowest BCUT2D eigenvalue weighted by molar-refractivity contribution is -0.0680. The van der Waals surface area contributed by atoms with E-state index in [1.807, 2.05) is 18.2 Å². The Hall–Kier alpha value is -1.55. The Labute approximate surface area is 93.8 Å². The Morgan fingerprint density at radius 2 is 2.25 bits per heavy atom. The second-order valence-corrected chi connectivity index (χ2v) is 4.09. The summed E-state index contributed by atoms with van der Waals surface area (Å²) in [6.07, 6.45) is 1.12. The molecule has 2 aliphatic heterocycles. The summed E-state index contributed by atoms with van der Waals surface area (Å²) in [5, 5.41) is 0. The number of amides is 1. The zero-order chi connectivity index (χ0) is 11.1. The Morgan fingerprint density at radius 1 is 1.44 bits per heavy atom. The minimum atomic E-state index is -0.430. The van der Waals surface area contributed by atoms with Crippen LogP contribution in [0.2, 0.25) is 0 Å². The number of anilines is 1. The van der Waals surface area contributed by atoms with Crippen LogP contribution in [0, 0.1) is 0 Å². The minimum absolute atomic E-state index is 0.0207. The number of rotatable bonds is 1. The van der Waals surface area contributed by atoms with E-state index in [1.165, 1.54) is 5.56 Å². The van der Waals surface area contributed by atoms with E-state index < -0.39 is 6.29 Å². The predicted octanol–water partition coefficient (Wildman–Crippen LogP) is 1.93. The van der Waals surface area contributed by atoms with Crippen molar-refractivity contribution in [2.24, 2.45) is 0 Å². The van der Waals surface area contributed by atoms with Crippen LogP contribution in [-0.4, -0.2) is 25.5 Å². The molecule has 0 saturated carbocycles. The molecule has 0 aliphatic carbocycles. The van der Waals surface area contributed by atoms with Gasteiger partial charge in [-0.05, 0) is 24.5 Å². The van der Waals surface area contributed by atoms with Crippen molar-refractivity contribution in [1.29, 1.82) is 0 Å². The van der Waals surface area contributed by atoms with E-state index in [9.17, 15) is 4.79 Å². The molecule has 1 aromatic rings. The molecule has 2 unspecified atom stereocenters. The van der Waals surface area contributed by atoms with Gasteiger partial charge in [0.05, 0.1) is 5.69 Å². The maximum Gasteiger partial charge on any atom is 0.417 e. The Bertz CT molecular complexity index is 432. The molecule has 2 atom stereocenters. The van der Waals surface area contributed by atoms with Gasteiger partial charge < -0.3 is 9.47 Å². The van der Waals surface area contributed by atoms with Crippen molar-refractivity contribution in [3.8, 4) is 0 Å². The minimum Gasteiger partial charge on any atom is -0.417 e. The van der Waals surface area contributed by atoms with Gasteiger partial charge in [-0.3, -0.25) is 4.90 Å². The number of para-hydroxylation sites is 1. The zero-order valence-corrected chi connectivity index (χ0v) is 9.05. The summed E-state index contributed by atoms with van der Waals surface area (Å²) in [5.74, 6) is 0. The lowest BCUT2D eigenvalue weighted by Gasteiger charge is -2.30. The first kappa shape index (κ1) is 9.66. The number of fused-ring (bicyclic) bond motifs is 3. The van der Waals surface area contributed by atoms with Gasteiger partial charge in [0.25, 0.3) is 0 Å². The van der Waals surface area contributed by atoms with E-state index in [4.69, 9.17) is 9.47 Å². The van der Waals surface area contributed by atoms with Gasteiger partial charge in [-0.2, -0.15) is 0 Å². The molecule has 2 heterocycles. The van der Waals surface area contributed by atoms with Gasteiger partial charge in [0, 0.05) is 7.11 Å². The fraction of sp³-hybridized carbons (Fsp3) is 0.417. The van der Waals surface area contributed by atoms with Gasteiger partial charge in [-0.1, -0.05) is 18.2 Å². The SMILES string of the molecule is COC1OC(=O)N2c3ccccc3CCC12. The molecule has 1 amide bonds. The standard InChI is InChI=1S/C12H13NO3/c1-15-11-10-7-6-8-4-2-3-5-9(8)13(10)12(14)16-11/h2-5,10-11H,6-7H2,1H3. The average molecular weight is 219 g/mol. The van der Waals surface area contributed by atoms with Crippen LogP contribution in [0.4, 0.5) is 10.5 Å². The second-order valence-electron chi connectivity index (χ2n) is 4.09. The molecule has 1 saturated heterocycles. The molecule has 4 nitrogen and oxygen atoms in total. The third-order valence-electron chi connectivity index (χ3n) is 3.25. The number of carbonyl (C=O) groups excluding carboxylic acids is 1. The van der Waals surface area contributed by atoms with Crippen LogP contribution in [0.25, 0.3) is 0 Å². The van der Waals surface area contributed by atoms with E-state index in [0.717, 1.165) is 18.5 Å². The Kier molecular flexibility index (Phi) is 2.11. The van der Waals surface area contributed by atoms with Gasteiger partial charge in [-0.25, -0.2) is 4.79 Å². The third-order valence-corrected chi connectivity index (χ3v) is 3.25. The quantitative estimate of drug-likeness (QED) is 0.724. The molecule has 4 heteroatoms. The van der Waals surface area contributed by atoms with Crippen LogP contribution >= 0.6 is 0 Å². The van der Waals surface area contributed by atoms with Crippen LogP contribution in [-0.2, 0) is 15.9 Å². The topological polar surface area (TPSA) is 38.8 Å². The van der Waals surface area contributed by atoms with E-state index in [2.05, 4.69) is 6.07 Å². The highest BCUT2D eigenvalue weighted by Gasteiger charge is 2.45. The van der Waals surface area contributed by atoms with Crippen LogP contribution in [0.1, 0.15) is 12.0 Å². The fourth-order valence-corrected chi connectivity index (χ4v) is 2.50. The van der Waals surface area contributed by atoms with Gasteiger partial charge in [0.15, 0.2) is 0 Å². The summed E-state index contributed by atoms with van der Waals surface area (Å²) in [5.41, 5.74) is 2.16.